The predicted molar refractivity (Wildman–Crippen MR) is 63.0 cm³/mol. The van der Waals surface area contributed by atoms with Crippen LogP contribution >= 0.6 is 0 Å². The van der Waals surface area contributed by atoms with Gasteiger partial charge in [-0.05, 0) is 12.1 Å². The molecular formula is C12H13NO6. The Bertz CT molecular complexity index is 481. The van der Waals surface area contributed by atoms with Crippen LogP contribution in [-0.2, 0) is 14.2 Å². The molecule has 0 bridgehead atoms. The van der Waals surface area contributed by atoms with Gasteiger partial charge in [0.05, 0.1) is 30.3 Å². The third-order valence-corrected chi connectivity index (χ3v) is 2.91. The highest BCUT2D eigenvalue weighted by Gasteiger charge is 2.28. The lowest BCUT2D eigenvalue weighted by Gasteiger charge is -2.12. The molecule has 2 aliphatic rings. The lowest BCUT2D eigenvalue weighted by atomic mass is 10.1. The topological polar surface area (TPSA) is 83.4 Å². The average Bonchev–Trinajstić information content (AvgIpc) is 3.08. The van der Waals surface area contributed by atoms with Gasteiger partial charge in [-0.1, -0.05) is 0 Å². The summed E-state index contributed by atoms with van der Waals surface area (Å²) in [5.41, 5.74) is 0.360. The maximum absolute atomic E-state index is 11.0. The van der Waals surface area contributed by atoms with Crippen LogP contribution in [0.25, 0.3) is 0 Å². The van der Waals surface area contributed by atoms with Crippen molar-refractivity contribution in [3.8, 4) is 5.75 Å². The van der Waals surface area contributed by atoms with E-state index in [9.17, 15) is 10.1 Å². The Hall–Kier alpha value is -1.70. The number of epoxide rings is 1. The molecule has 0 amide bonds. The minimum absolute atomic E-state index is 0.0260. The highest BCUT2D eigenvalue weighted by Crippen LogP contribution is 2.34. The van der Waals surface area contributed by atoms with Gasteiger partial charge in [0.1, 0.15) is 18.5 Å². The van der Waals surface area contributed by atoms with Crippen LogP contribution in [0.4, 0.5) is 5.69 Å². The van der Waals surface area contributed by atoms with E-state index < -0.39 is 11.2 Å². The SMILES string of the molecule is O=[N+]([O-])c1ccc(OCC2CO2)cc1C1OCCO1. The number of nitrogens with zero attached hydrogens (tertiary/aromatic N) is 1. The number of hydrogen-bond donors (Lipinski definition) is 0. The van der Waals surface area contributed by atoms with Crippen molar-refractivity contribution >= 4 is 5.69 Å². The van der Waals surface area contributed by atoms with Gasteiger partial charge in [-0.2, -0.15) is 0 Å². The first kappa shape index (κ1) is 12.3. The molecule has 1 aromatic rings. The van der Waals surface area contributed by atoms with Crippen LogP contribution < -0.4 is 4.74 Å². The minimum atomic E-state index is -0.693. The quantitative estimate of drug-likeness (QED) is 0.455. The van der Waals surface area contributed by atoms with Crippen molar-refractivity contribution in [3.63, 3.8) is 0 Å². The largest absolute Gasteiger partial charge is 0.491 e. The minimum Gasteiger partial charge on any atom is -0.491 e. The van der Waals surface area contributed by atoms with Gasteiger partial charge in [0.15, 0.2) is 6.29 Å². The second kappa shape index (κ2) is 5.12. The van der Waals surface area contributed by atoms with Crippen molar-refractivity contribution in [1.29, 1.82) is 0 Å². The van der Waals surface area contributed by atoms with Gasteiger partial charge in [-0.15, -0.1) is 0 Å². The summed E-state index contributed by atoms with van der Waals surface area (Å²) < 4.78 is 21.2. The van der Waals surface area contributed by atoms with Gasteiger partial charge in [0.2, 0.25) is 0 Å². The molecule has 0 saturated carbocycles. The predicted octanol–water partition coefficient (Wildman–Crippen LogP) is 1.42. The van der Waals surface area contributed by atoms with Crippen LogP contribution in [0.15, 0.2) is 18.2 Å². The fraction of sp³-hybridized carbons (Fsp3) is 0.500. The normalized spacial score (nSPS) is 22.4. The molecule has 0 radical (unpaired) electrons. The number of nitro benzene ring substituents is 1. The summed E-state index contributed by atoms with van der Waals surface area (Å²) in [5, 5.41) is 11.0. The zero-order chi connectivity index (χ0) is 13.2. The second-order valence-corrected chi connectivity index (χ2v) is 4.32. The molecule has 3 rings (SSSR count). The Balaban J connectivity index is 1.82. The van der Waals surface area contributed by atoms with Gasteiger partial charge in [-0.3, -0.25) is 10.1 Å². The third kappa shape index (κ3) is 2.83. The molecule has 7 heteroatoms. The van der Waals surface area contributed by atoms with E-state index in [2.05, 4.69) is 0 Å². The number of benzene rings is 1. The van der Waals surface area contributed by atoms with Crippen LogP contribution in [0.2, 0.25) is 0 Å². The Morgan fingerprint density at radius 3 is 2.68 bits per heavy atom. The maximum atomic E-state index is 11.0. The lowest BCUT2D eigenvalue weighted by molar-refractivity contribution is -0.386. The first-order chi connectivity index (χ1) is 9.24. The monoisotopic (exact) mass is 267 g/mol. The molecule has 19 heavy (non-hydrogen) atoms. The van der Waals surface area contributed by atoms with Crippen LogP contribution in [0.1, 0.15) is 11.9 Å². The number of rotatable bonds is 5. The van der Waals surface area contributed by atoms with Crippen molar-refractivity contribution in [2.75, 3.05) is 26.4 Å². The molecule has 1 aromatic carbocycles. The summed E-state index contributed by atoms with van der Waals surface area (Å²) in [6, 6.07) is 4.57. The molecule has 2 heterocycles. The lowest BCUT2D eigenvalue weighted by Crippen LogP contribution is -2.07. The molecule has 0 aromatic heterocycles. The second-order valence-electron chi connectivity index (χ2n) is 4.32. The molecular weight excluding hydrogens is 254 g/mol. The first-order valence-electron chi connectivity index (χ1n) is 6.00. The molecule has 0 aliphatic carbocycles. The van der Waals surface area contributed by atoms with Crippen molar-refractivity contribution in [2.24, 2.45) is 0 Å². The van der Waals surface area contributed by atoms with Gasteiger partial charge in [-0.25, -0.2) is 0 Å². The molecule has 7 nitrogen and oxygen atoms in total. The molecule has 102 valence electrons. The maximum Gasteiger partial charge on any atom is 0.277 e. The summed E-state index contributed by atoms with van der Waals surface area (Å²) in [5.74, 6) is 0.551. The Morgan fingerprint density at radius 2 is 2.05 bits per heavy atom. The summed E-state index contributed by atoms with van der Waals surface area (Å²) in [7, 11) is 0. The fourth-order valence-electron chi connectivity index (χ4n) is 1.87. The van der Waals surface area contributed by atoms with Crippen LogP contribution in [0.3, 0.4) is 0 Å². The number of ether oxygens (including phenoxy) is 4. The van der Waals surface area contributed by atoms with E-state index in [1.165, 1.54) is 6.07 Å². The van der Waals surface area contributed by atoms with Crippen molar-refractivity contribution < 1.29 is 23.9 Å². The summed E-state index contributed by atoms with van der Waals surface area (Å²) in [6.45, 7) is 2.02. The van der Waals surface area contributed by atoms with Crippen molar-refractivity contribution in [1.82, 2.24) is 0 Å². The highest BCUT2D eigenvalue weighted by molar-refractivity contribution is 5.46. The highest BCUT2D eigenvalue weighted by atomic mass is 16.7. The van der Waals surface area contributed by atoms with Gasteiger partial charge in [0, 0.05) is 6.07 Å². The third-order valence-electron chi connectivity index (χ3n) is 2.91. The average molecular weight is 267 g/mol. The summed E-state index contributed by atoms with van der Waals surface area (Å²) in [6.07, 6.45) is -0.557. The van der Waals surface area contributed by atoms with E-state index in [4.69, 9.17) is 18.9 Å². The van der Waals surface area contributed by atoms with Crippen LogP contribution in [0, 0.1) is 10.1 Å². The van der Waals surface area contributed by atoms with Crippen molar-refractivity contribution in [2.45, 2.75) is 12.4 Å². The Labute approximate surface area is 109 Å². The van der Waals surface area contributed by atoms with E-state index >= 15 is 0 Å². The van der Waals surface area contributed by atoms with Crippen LogP contribution in [-0.4, -0.2) is 37.5 Å². The van der Waals surface area contributed by atoms with Crippen molar-refractivity contribution in [3.05, 3.63) is 33.9 Å². The molecule has 0 N–H and O–H groups in total. The summed E-state index contributed by atoms with van der Waals surface area (Å²) in [4.78, 5) is 10.5. The molecule has 2 aliphatic heterocycles. The zero-order valence-corrected chi connectivity index (χ0v) is 10.1. The Kier molecular flexibility index (Phi) is 3.33. The summed E-state index contributed by atoms with van der Waals surface area (Å²) >= 11 is 0. The molecule has 2 saturated heterocycles. The van der Waals surface area contributed by atoms with E-state index in [-0.39, 0.29) is 11.8 Å². The van der Waals surface area contributed by atoms with Gasteiger partial charge in [0.25, 0.3) is 5.69 Å². The molecule has 1 atom stereocenters. The van der Waals surface area contributed by atoms with E-state index in [1.807, 2.05) is 0 Å². The van der Waals surface area contributed by atoms with Crippen LogP contribution in [0.5, 0.6) is 5.75 Å². The fourth-order valence-corrected chi connectivity index (χ4v) is 1.87. The zero-order valence-electron chi connectivity index (χ0n) is 10.1. The molecule has 1 unspecified atom stereocenters. The Morgan fingerprint density at radius 1 is 1.32 bits per heavy atom. The first-order valence-corrected chi connectivity index (χ1v) is 6.00. The number of hydrogen-bond acceptors (Lipinski definition) is 6. The molecule has 2 fully saturated rings. The number of nitro groups is 1. The van der Waals surface area contributed by atoms with E-state index in [1.54, 1.807) is 12.1 Å². The van der Waals surface area contributed by atoms with E-state index in [0.29, 0.717) is 37.7 Å². The smallest absolute Gasteiger partial charge is 0.277 e. The standard InChI is InChI=1S/C12H13NO6/c14-13(15)11-2-1-8(18-6-9-7-19-9)5-10(11)12-16-3-4-17-12/h1-2,5,9,12H,3-4,6-7H2. The van der Waals surface area contributed by atoms with Gasteiger partial charge >= 0.3 is 0 Å². The molecule has 0 spiro atoms. The van der Waals surface area contributed by atoms with E-state index in [0.717, 1.165) is 0 Å². The van der Waals surface area contributed by atoms with Gasteiger partial charge < -0.3 is 18.9 Å².